The van der Waals surface area contributed by atoms with Crippen molar-refractivity contribution in [3.63, 3.8) is 0 Å². The van der Waals surface area contributed by atoms with Crippen LogP contribution in [0.4, 0.5) is 5.69 Å². The second kappa shape index (κ2) is 8.55. The van der Waals surface area contributed by atoms with Crippen molar-refractivity contribution >= 4 is 24.0 Å². The van der Waals surface area contributed by atoms with E-state index in [-0.39, 0.29) is 18.3 Å². The average molecular weight is 338 g/mol. The minimum absolute atomic E-state index is 0. The molecule has 3 rings (SSSR count). The second-order valence-corrected chi connectivity index (χ2v) is 6.72. The molecule has 1 amide bonds. The second-order valence-electron chi connectivity index (χ2n) is 6.72. The number of benzene rings is 1. The summed E-state index contributed by atoms with van der Waals surface area (Å²) in [6.07, 6.45) is 7.01. The zero-order valence-electron chi connectivity index (χ0n) is 13.7. The van der Waals surface area contributed by atoms with Crippen molar-refractivity contribution in [3.05, 3.63) is 29.8 Å². The first kappa shape index (κ1) is 18.1. The van der Waals surface area contributed by atoms with E-state index in [1.165, 1.54) is 38.6 Å². The molecule has 0 radical (unpaired) electrons. The first-order chi connectivity index (χ1) is 10.7. The van der Waals surface area contributed by atoms with E-state index in [9.17, 15) is 4.79 Å². The van der Waals surface area contributed by atoms with Crippen molar-refractivity contribution in [2.24, 2.45) is 5.92 Å². The van der Waals surface area contributed by atoms with Crippen LogP contribution in [0.1, 0.15) is 42.5 Å². The lowest BCUT2D eigenvalue weighted by Gasteiger charge is -2.37. The summed E-state index contributed by atoms with van der Waals surface area (Å²) in [5, 5.41) is 0. The number of carbonyl (C=O) groups excluding carboxylic acids is 1. The van der Waals surface area contributed by atoms with Crippen LogP contribution in [-0.4, -0.2) is 48.4 Å². The number of rotatable bonds is 3. The Balaban J connectivity index is 0.00000192. The minimum atomic E-state index is 0. The van der Waals surface area contributed by atoms with Gasteiger partial charge in [-0.15, -0.1) is 12.4 Å². The lowest BCUT2D eigenvalue weighted by Crippen LogP contribution is -2.49. The standard InChI is InChI=1S/C18H27N3O.ClH/c19-17-8-6-16(7-9-17)18(22)21-12-10-20(11-13-21)14-15-4-2-1-3-5-15;/h6-9,15H,1-5,10-14,19H2;1H. The Morgan fingerprint density at radius 1 is 1.00 bits per heavy atom. The molecule has 128 valence electrons. The van der Waals surface area contributed by atoms with Crippen LogP contribution in [0.2, 0.25) is 0 Å². The maximum Gasteiger partial charge on any atom is 0.253 e. The highest BCUT2D eigenvalue weighted by Gasteiger charge is 2.24. The molecule has 4 nitrogen and oxygen atoms in total. The van der Waals surface area contributed by atoms with Crippen molar-refractivity contribution in [3.8, 4) is 0 Å². The topological polar surface area (TPSA) is 49.6 Å². The number of nitrogens with zero attached hydrogens (tertiary/aromatic N) is 2. The summed E-state index contributed by atoms with van der Waals surface area (Å²) in [5.74, 6) is 1.02. The van der Waals surface area contributed by atoms with Crippen LogP contribution in [0, 0.1) is 5.92 Å². The molecule has 2 aliphatic rings. The van der Waals surface area contributed by atoms with Gasteiger partial charge in [-0.05, 0) is 43.0 Å². The first-order valence-electron chi connectivity index (χ1n) is 8.59. The summed E-state index contributed by atoms with van der Waals surface area (Å²) in [6.45, 7) is 4.93. The van der Waals surface area contributed by atoms with Crippen LogP contribution >= 0.6 is 12.4 Å². The number of hydrogen-bond donors (Lipinski definition) is 1. The first-order valence-corrected chi connectivity index (χ1v) is 8.59. The van der Waals surface area contributed by atoms with Crippen LogP contribution in [-0.2, 0) is 0 Å². The van der Waals surface area contributed by atoms with Crippen molar-refractivity contribution < 1.29 is 4.79 Å². The average Bonchev–Trinajstić information content (AvgIpc) is 2.57. The van der Waals surface area contributed by atoms with Crippen LogP contribution in [0.25, 0.3) is 0 Å². The molecule has 1 saturated carbocycles. The van der Waals surface area contributed by atoms with Crippen molar-refractivity contribution in [1.29, 1.82) is 0 Å². The van der Waals surface area contributed by atoms with Gasteiger partial charge in [0.15, 0.2) is 0 Å². The molecule has 0 unspecified atom stereocenters. The van der Waals surface area contributed by atoms with Gasteiger partial charge < -0.3 is 10.6 Å². The van der Waals surface area contributed by atoms with Gasteiger partial charge >= 0.3 is 0 Å². The van der Waals surface area contributed by atoms with Gasteiger partial charge in [0.2, 0.25) is 0 Å². The number of anilines is 1. The summed E-state index contributed by atoms with van der Waals surface area (Å²) < 4.78 is 0. The third kappa shape index (κ3) is 4.85. The zero-order chi connectivity index (χ0) is 15.4. The van der Waals surface area contributed by atoms with Gasteiger partial charge in [0, 0.05) is 44.0 Å². The third-order valence-corrected chi connectivity index (χ3v) is 5.06. The summed E-state index contributed by atoms with van der Waals surface area (Å²) in [5.41, 5.74) is 7.13. The largest absolute Gasteiger partial charge is 0.399 e. The van der Waals surface area contributed by atoms with E-state index < -0.39 is 0 Å². The molecule has 1 aromatic rings. The molecule has 1 heterocycles. The molecular formula is C18H28ClN3O. The molecule has 2 fully saturated rings. The Kier molecular flexibility index (Phi) is 6.72. The lowest BCUT2D eigenvalue weighted by molar-refractivity contribution is 0.0606. The summed E-state index contributed by atoms with van der Waals surface area (Å²) in [7, 11) is 0. The number of piperazine rings is 1. The third-order valence-electron chi connectivity index (χ3n) is 5.06. The molecule has 1 aromatic carbocycles. The fraction of sp³-hybridized carbons (Fsp3) is 0.611. The fourth-order valence-corrected chi connectivity index (χ4v) is 3.68. The van der Waals surface area contributed by atoms with Crippen LogP contribution in [0.3, 0.4) is 0 Å². The van der Waals surface area contributed by atoms with Gasteiger partial charge in [0.25, 0.3) is 5.91 Å². The van der Waals surface area contributed by atoms with Crippen LogP contribution in [0.15, 0.2) is 24.3 Å². The monoisotopic (exact) mass is 337 g/mol. The van der Waals surface area contributed by atoms with E-state index in [4.69, 9.17) is 5.73 Å². The SMILES string of the molecule is Cl.Nc1ccc(C(=O)N2CCN(CC3CCCCC3)CC2)cc1. The lowest BCUT2D eigenvalue weighted by atomic mass is 9.89. The maximum atomic E-state index is 12.5. The van der Waals surface area contributed by atoms with Gasteiger partial charge in [-0.1, -0.05) is 19.3 Å². The number of carbonyl (C=O) groups is 1. The predicted octanol–water partition coefficient (Wildman–Crippen LogP) is 3.03. The quantitative estimate of drug-likeness (QED) is 0.862. The minimum Gasteiger partial charge on any atom is -0.399 e. The highest BCUT2D eigenvalue weighted by Crippen LogP contribution is 2.24. The maximum absolute atomic E-state index is 12.5. The molecule has 5 heteroatoms. The number of nitrogen functional groups attached to an aromatic ring is 1. The van der Waals surface area contributed by atoms with E-state index in [1.807, 2.05) is 17.0 Å². The van der Waals surface area contributed by atoms with Gasteiger partial charge in [-0.2, -0.15) is 0 Å². The highest BCUT2D eigenvalue weighted by atomic mass is 35.5. The molecule has 1 aliphatic heterocycles. The van der Waals surface area contributed by atoms with Crippen LogP contribution < -0.4 is 5.73 Å². The highest BCUT2D eigenvalue weighted by molar-refractivity contribution is 5.94. The molecule has 1 saturated heterocycles. The Bertz CT molecular complexity index is 491. The number of amides is 1. The molecule has 0 aromatic heterocycles. The van der Waals surface area contributed by atoms with E-state index in [1.54, 1.807) is 12.1 Å². The predicted molar refractivity (Wildman–Crippen MR) is 97.0 cm³/mol. The summed E-state index contributed by atoms with van der Waals surface area (Å²) in [6, 6.07) is 7.25. The Morgan fingerprint density at radius 3 is 2.22 bits per heavy atom. The molecule has 23 heavy (non-hydrogen) atoms. The summed E-state index contributed by atoms with van der Waals surface area (Å²) >= 11 is 0. The van der Waals surface area contributed by atoms with Crippen molar-refractivity contribution in [2.45, 2.75) is 32.1 Å². The van der Waals surface area contributed by atoms with E-state index in [0.29, 0.717) is 5.69 Å². The zero-order valence-corrected chi connectivity index (χ0v) is 14.6. The molecule has 2 N–H and O–H groups in total. The van der Waals surface area contributed by atoms with Crippen LogP contribution in [0.5, 0.6) is 0 Å². The van der Waals surface area contributed by atoms with Crippen molar-refractivity contribution in [2.75, 3.05) is 38.5 Å². The number of halogens is 1. The molecular weight excluding hydrogens is 310 g/mol. The molecule has 1 aliphatic carbocycles. The van der Waals surface area contributed by atoms with E-state index >= 15 is 0 Å². The Hall–Kier alpha value is -1.26. The fourth-order valence-electron chi connectivity index (χ4n) is 3.68. The van der Waals surface area contributed by atoms with Gasteiger partial charge in [-0.25, -0.2) is 0 Å². The van der Waals surface area contributed by atoms with Gasteiger partial charge in [0.05, 0.1) is 0 Å². The number of hydrogen-bond acceptors (Lipinski definition) is 3. The molecule has 0 spiro atoms. The smallest absolute Gasteiger partial charge is 0.253 e. The summed E-state index contributed by atoms with van der Waals surface area (Å²) in [4.78, 5) is 17.0. The Labute approximate surface area is 145 Å². The normalized spacial score (nSPS) is 20.1. The van der Waals surface area contributed by atoms with E-state index in [2.05, 4.69) is 4.90 Å². The van der Waals surface area contributed by atoms with Gasteiger partial charge in [-0.3, -0.25) is 9.69 Å². The Morgan fingerprint density at radius 2 is 1.61 bits per heavy atom. The molecule has 0 atom stereocenters. The van der Waals surface area contributed by atoms with E-state index in [0.717, 1.165) is 37.7 Å². The van der Waals surface area contributed by atoms with Gasteiger partial charge in [0.1, 0.15) is 0 Å². The number of nitrogens with two attached hydrogens (primary N) is 1. The van der Waals surface area contributed by atoms with Crippen molar-refractivity contribution in [1.82, 2.24) is 9.80 Å². The molecule has 0 bridgehead atoms.